The largest absolute Gasteiger partial charge is 0.467 e. The minimum absolute atomic E-state index is 0.00414. The van der Waals surface area contributed by atoms with Gasteiger partial charge < -0.3 is 34.9 Å². The molecule has 0 aromatic heterocycles. The zero-order valence-electron chi connectivity index (χ0n) is 29.0. The summed E-state index contributed by atoms with van der Waals surface area (Å²) in [6, 6.07) is 32.3. The average molecular weight is 678 g/mol. The number of esters is 1. The fourth-order valence-corrected chi connectivity index (χ4v) is 6.20. The van der Waals surface area contributed by atoms with Gasteiger partial charge in [0, 0.05) is 37.5 Å². The van der Waals surface area contributed by atoms with Crippen LogP contribution in [0.5, 0.6) is 0 Å². The zero-order chi connectivity index (χ0) is 35.5. The third kappa shape index (κ3) is 9.67. The molecule has 0 saturated carbocycles. The SMILES string of the molecule is C=CCN(C)C[C@H]1O[C@@H](c2ccc(-c3cccc(CNC(=O)N[C@@H](Cc4ccccc4)C(=O)OC)c3)cc2)O[C@@H](c2ccc(CO)cc2)[C@H]1C. The summed E-state index contributed by atoms with van der Waals surface area (Å²) in [5.74, 6) is -0.415. The van der Waals surface area contributed by atoms with Crippen LogP contribution in [0.2, 0.25) is 0 Å². The first-order chi connectivity index (χ1) is 24.3. The van der Waals surface area contributed by atoms with Gasteiger partial charge in [-0.25, -0.2) is 9.59 Å². The highest BCUT2D eigenvalue weighted by Crippen LogP contribution is 2.42. The number of rotatable bonds is 14. The average Bonchev–Trinajstić information content (AvgIpc) is 3.15. The van der Waals surface area contributed by atoms with E-state index in [1.54, 1.807) is 0 Å². The molecule has 1 heterocycles. The molecule has 50 heavy (non-hydrogen) atoms. The van der Waals surface area contributed by atoms with Gasteiger partial charge >= 0.3 is 12.0 Å². The van der Waals surface area contributed by atoms with E-state index in [0.717, 1.165) is 52.0 Å². The molecule has 4 aromatic carbocycles. The summed E-state index contributed by atoms with van der Waals surface area (Å²) in [5, 5.41) is 15.1. The maximum Gasteiger partial charge on any atom is 0.328 e. The highest BCUT2D eigenvalue weighted by Gasteiger charge is 2.38. The summed E-state index contributed by atoms with van der Waals surface area (Å²) in [6.45, 7) is 7.79. The van der Waals surface area contributed by atoms with E-state index in [4.69, 9.17) is 14.2 Å². The molecule has 0 spiro atoms. The number of methoxy groups -OCH3 is 1. The number of amides is 2. The van der Waals surface area contributed by atoms with Crippen molar-refractivity contribution in [2.75, 3.05) is 27.2 Å². The van der Waals surface area contributed by atoms with Crippen molar-refractivity contribution in [1.29, 1.82) is 0 Å². The Kier molecular flexibility index (Phi) is 12.9. The maximum atomic E-state index is 12.8. The number of carbonyl (C=O) groups excluding carboxylic acids is 2. The minimum atomic E-state index is -0.807. The second-order valence-electron chi connectivity index (χ2n) is 12.7. The Bertz CT molecular complexity index is 1700. The Balaban J connectivity index is 1.25. The number of likely N-dealkylation sites (N-methyl/N-ethyl adjacent to an activating group) is 1. The van der Waals surface area contributed by atoms with Crippen molar-refractivity contribution >= 4 is 12.0 Å². The summed E-state index contributed by atoms with van der Waals surface area (Å²) in [6.07, 6.45) is 1.39. The summed E-state index contributed by atoms with van der Waals surface area (Å²) in [7, 11) is 3.37. The van der Waals surface area contributed by atoms with Crippen LogP contribution >= 0.6 is 0 Å². The van der Waals surface area contributed by atoms with Gasteiger partial charge in [0.05, 0.1) is 25.9 Å². The van der Waals surface area contributed by atoms with Crippen molar-refractivity contribution in [3.8, 4) is 11.1 Å². The van der Waals surface area contributed by atoms with Crippen molar-refractivity contribution in [2.45, 2.75) is 51.0 Å². The second kappa shape index (κ2) is 17.7. The Hall–Kier alpha value is -4.80. The van der Waals surface area contributed by atoms with Gasteiger partial charge in [0.15, 0.2) is 6.29 Å². The van der Waals surface area contributed by atoms with Gasteiger partial charge in [0.1, 0.15) is 6.04 Å². The van der Waals surface area contributed by atoms with Crippen molar-refractivity contribution in [2.24, 2.45) is 5.92 Å². The molecular formula is C41H47N3O6. The number of nitrogens with one attached hydrogen (secondary N) is 2. The van der Waals surface area contributed by atoms with E-state index in [9.17, 15) is 14.7 Å². The molecule has 9 heteroatoms. The number of aliphatic hydroxyl groups is 1. The standard InChI is InChI=1S/C41H47N3O6/c1-5-22-44(3)26-37-28(2)38(33-16-14-30(27-45)15-17-33)50-40(49-37)34-20-18-32(19-21-34)35-13-9-12-31(23-35)25-42-41(47)43-36(39(46)48-4)24-29-10-7-6-8-11-29/h5-21,23,28,36-38,40,45H,1,22,24-27H2,2-4H3,(H2,42,43,47)/t28-,36-,37+,38+,40+/m0/s1. The topological polar surface area (TPSA) is 109 Å². The van der Waals surface area contributed by atoms with Gasteiger partial charge in [0.2, 0.25) is 0 Å². The summed E-state index contributed by atoms with van der Waals surface area (Å²) in [4.78, 5) is 27.3. The third-order valence-corrected chi connectivity index (χ3v) is 9.03. The van der Waals surface area contributed by atoms with Crippen LogP contribution in [0.1, 0.15) is 47.1 Å². The van der Waals surface area contributed by atoms with Crippen LogP contribution in [0.3, 0.4) is 0 Å². The number of benzene rings is 4. The predicted molar refractivity (Wildman–Crippen MR) is 194 cm³/mol. The molecule has 1 saturated heterocycles. The summed E-state index contributed by atoms with van der Waals surface area (Å²) >= 11 is 0. The molecular weight excluding hydrogens is 630 g/mol. The molecule has 0 unspecified atom stereocenters. The van der Waals surface area contributed by atoms with Gasteiger partial charge in [-0.05, 0) is 46.5 Å². The van der Waals surface area contributed by atoms with Crippen LogP contribution < -0.4 is 10.6 Å². The molecule has 5 rings (SSSR count). The van der Waals surface area contributed by atoms with Crippen molar-refractivity contribution in [1.82, 2.24) is 15.5 Å². The van der Waals surface area contributed by atoms with Gasteiger partial charge in [-0.15, -0.1) is 6.58 Å². The molecule has 0 radical (unpaired) electrons. The number of urea groups is 1. The van der Waals surface area contributed by atoms with Crippen molar-refractivity contribution in [3.05, 3.63) is 144 Å². The van der Waals surface area contributed by atoms with Crippen LogP contribution in [0, 0.1) is 5.92 Å². The fourth-order valence-electron chi connectivity index (χ4n) is 6.20. The lowest BCUT2D eigenvalue weighted by Crippen LogP contribution is -2.47. The number of nitrogens with zero attached hydrogens (tertiary/aromatic N) is 1. The first-order valence-electron chi connectivity index (χ1n) is 16.9. The number of ether oxygens (including phenoxy) is 3. The van der Waals surface area contributed by atoms with E-state index >= 15 is 0 Å². The molecule has 0 aliphatic carbocycles. The first-order valence-corrected chi connectivity index (χ1v) is 16.9. The van der Waals surface area contributed by atoms with Gasteiger partial charge in [0.25, 0.3) is 0 Å². The van der Waals surface area contributed by atoms with Crippen LogP contribution in [-0.4, -0.2) is 61.4 Å². The highest BCUT2D eigenvalue weighted by molar-refractivity contribution is 5.83. The lowest BCUT2D eigenvalue weighted by molar-refractivity contribution is -0.275. The predicted octanol–water partition coefficient (Wildman–Crippen LogP) is 6.34. The Labute approximate surface area is 294 Å². The van der Waals surface area contributed by atoms with E-state index in [1.165, 1.54) is 7.11 Å². The first kappa shape index (κ1) is 36.5. The second-order valence-corrected chi connectivity index (χ2v) is 12.7. The van der Waals surface area contributed by atoms with Gasteiger partial charge in [-0.1, -0.05) is 110 Å². The highest BCUT2D eigenvalue weighted by atomic mass is 16.7. The van der Waals surface area contributed by atoms with Crippen LogP contribution in [-0.2, 0) is 38.6 Å². The monoisotopic (exact) mass is 677 g/mol. The van der Waals surface area contributed by atoms with E-state index in [0.29, 0.717) is 6.42 Å². The lowest BCUT2D eigenvalue weighted by Gasteiger charge is -2.42. The van der Waals surface area contributed by atoms with Gasteiger partial charge in [-0.3, -0.25) is 0 Å². The molecule has 9 nitrogen and oxygen atoms in total. The maximum absolute atomic E-state index is 12.8. The lowest BCUT2D eigenvalue weighted by atomic mass is 9.90. The van der Waals surface area contributed by atoms with E-state index in [-0.39, 0.29) is 31.3 Å². The molecule has 5 atom stereocenters. The molecule has 1 fully saturated rings. The van der Waals surface area contributed by atoms with Crippen LogP contribution in [0.4, 0.5) is 4.79 Å². The Morgan fingerprint density at radius 2 is 1.60 bits per heavy atom. The Morgan fingerprint density at radius 3 is 2.28 bits per heavy atom. The smallest absolute Gasteiger partial charge is 0.328 e. The summed E-state index contributed by atoms with van der Waals surface area (Å²) in [5.41, 5.74) is 6.66. The van der Waals surface area contributed by atoms with E-state index in [1.807, 2.05) is 109 Å². The number of hydrogen-bond donors (Lipinski definition) is 3. The quantitative estimate of drug-likeness (QED) is 0.106. The minimum Gasteiger partial charge on any atom is -0.467 e. The zero-order valence-corrected chi connectivity index (χ0v) is 29.0. The van der Waals surface area contributed by atoms with Crippen molar-refractivity contribution in [3.63, 3.8) is 0 Å². The van der Waals surface area contributed by atoms with Gasteiger partial charge in [-0.2, -0.15) is 0 Å². The molecule has 1 aliphatic heterocycles. The molecule has 4 aromatic rings. The molecule has 3 N–H and O–H groups in total. The van der Waals surface area contributed by atoms with Crippen LogP contribution in [0.15, 0.2) is 116 Å². The number of hydrogen-bond acceptors (Lipinski definition) is 7. The van der Waals surface area contributed by atoms with E-state index < -0.39 is 24.3 Å². The van der Waals surface area contributed by atoms with E-state index in [2.05, 4.69) is 36.1 Å². The van der Waals surface area contributed by atoms with Crippen molar-refractivity contribution < 1.29 is 28.9 Å². The Morgan fingerprint density at radius 1 is 0.900 bits per heavy atom. The molecule has 262 valence electrons. The normalized spacial score (nSPS) is 19.4. The molecule has 2 amide bonds. The fraction of sp³-hybridized carbons (Fsp3) is 0.317. The third-order valence-electron chi connectivity index (χ3n) is 9.03. The van der Waals surface area contributed by atoms with Crippen LogP contribution in [0.25, 0.3) is 11.1 Å². The number of carbonyl (C=O) groups is 2. The number of aliphatic hydroxyl groups excluding tert-OH is 1. The summed E-state index contributed by atoms with van der Waals surface area (Å²) < 4.78 is 18.1. The molecule has 1 aliphatic rings. The molecule has 0 bridgehead atoms.